The van der Waals surface area contributed by atoms with Gasteiger partial charge in [0.25, 0.3) is 0 Å². The van der Waals surface area contributed by atoms with Crippen LogP contribution in [0.1, 0.15) is 35.9 Å². The van der Waals surface area contributed by atoms with Crippen LogP contribution in [0.4, 0.5) is 5.69 Å². The summed E-state index contributed by atoms with van der Waals surface area (Å²) in [6, 6.07) is 12.9. The second kappa shape index (κ2) is 9.33. The SMILES string of the molecule is CCC(=O)N(c1ccccc1)C1(C(=O)OC)CCN(CC(=O)c2cccs2)CC1. The Morgan fingerprint density at radius 2 is 1.79 bits per heavy atom. The molecule has 0 spiro atoms. The Bertz CT molecular complexity index is 843. The van der Waals surface area contributed by atoms with Crippen molar-refractivity contribution >= 4 is 34.7 Å². The Morgan fingerprint density at radius 3 is 2.34 bits per heavy atom. The van der Waals surface area contributed by atoms with Gasteiger partial charge < -0.3 is 4.74 Å². The van der Waals surface area contributed by atoms with Crippen molar-refractivity contribution < 1.29 is 19.1 Å². The van der Waals surface area contributed by atoms with Crippen LogP contribution in [0.15, 0.2) is 47.8 Å². The molecule has 1 aliphatic rings. The highest BCUT2D eigenvalue weighted by Gasteiger charge is 2.49. The summed E-state index contributed by atoms with van der Waals surface area (Å²) < 4.78 is 5.15. The molecule has 154 valence electrons. The minimum Gasteiger partial charge on any atom is -0.467 e. The zero-order valence-electron chi connectivity index (χ0n) is 16.8. The molecule has 1 fully saturated rings. The van der Waals surface area contributed by atoms with E-state index in [1.54, 1.807) is 11.8 Å². The Morgan fingerprint density at radius 1 is 1.10 bits per heavy atom. The number of hydrogen-bond donors (Lipinski definition) is 0. The number of piperidine rings is 1. The molecule has 1 aliphatic heterocycles. The highest BCUT2D eigenvalue weighted by molar-refractivity contribution is 7.12. The zero-order valence-corrected chi connectivity index (χ0v) is 17.6. The molecule has 1 aromatic carbocycles. The van der Waals surface area contributed by atoms with E-state index in [-0.39, 0.29) is 18.1 Å². The fourth-order valence-electron chi connectivity index (χ4n) is 3.87. The summed E-state index contributed by atoms with van der Waals surface area (Å²) in [5, 5.41) is 1.89. The van der Waals surface area contributed by atoms with Crippen LogP contribution in [0, 0.1) is 0 Å². The van der Waals surface area contributed by atoms with Gasteiger partial charge in [0, 0.05) is 25.2 Å². The predicted molar refractivity (Wildman–Crippen MR) is 113 cm³/mol. The number of hydrogen-bond acceptors (Lipinski definition) is 6. The first-order valence-corrected chi connectivity index (χ1v) is 10.7. The molecule has 2 aromatic rings. The number of thiophene rings is 1. The van der Waals surface area contributed by atoms with E-state index in [0.717, 1.165) is 4.88 Å². The number of anilines is 1. The third-order valence-electron chi connectivity index (χ3n) is 5.41. The lowest BCUT2D eigenvalue weighted by molar-refractivity contribution is -0.150. The monoisotopic (exact) mass is 414 g/mol. The Labute approximate surface area is 175 Å². The number of likely N-dealkylation sites (tertiary alicyclic amines) is 1. The van der Waals surface area contributed by atoms with E-state index in [2.05, 4.69) is 0 Å². The summed E-state index contributed by atoms with van der Waals surface area (Å²) >= 11 is 1.43. The lowest BCUT2D eigenvalue weighted by Gasteiger charge is -2.46. The number of rotatable bonds is 7. The summed E-state index contributed by atoms with van der Waals surface area (Å²) in [7, 11) is 1.36. The van der Waals surface area contributed by atoms with Crippen LogP contribution >= 0.6 is 11.3 Å². The molecule has 0 unspecified atom stereocenters. The Balaban J connectivity index is 1.83. The van der Waals surface area contributed by atoms with E-state index in [9.17, 15) is 14.4 Å². The van der Waals surface area contributed by atoms with Gasteiger partial charge in [0.2, 0.25) is 5.91 Å². The number of ether oxygens (including phenoxy) is 1. The smallest absolute Gasteiger partial charge is 0.332 e. The van der Waals surface area contributed by atoms with Gasteiger partial charge in [0.1, 0.15) is 5.54 Å². The topological polar surface area (TPSA) is 66.9 Å². The molecule has 1 amide bonds. The molecular formula is C22H26N2O4S. The molecule has 0 atom stereocenters. The maximum Gasteiger partial charge on any atom is 0.332 e. The maximum absolute atomic E-state index is 12.9. The summed E-state index contributed by atoms with van der Waals surface area (Å²) in [6.07, 6.45) is 1.12. The molecule has 0 N–H and O–H groups in total. The van der Waals surface area contributed by atoms with Gasteiger partial charge in [-0.3, -0.25) is 19.4 Å². The summed E-state index contributed by atoms with van der Waals surface area (Å²) in [4.78, 5) is 42.7. The van der Waals surface area contributed by atoms with Crippen LogP contribution in [0.25, 0.3) is 0 Å². The van der Waals surface area contributed by atoms with Crippen LogP contribution in [0.2, 0.25) is 0 Å². The Hall–Kier alpha value is -2.51. The van der Waals surface area contributed by atoms with Crippen LogP contribution < -0.4 is 4.90 Å². The first kappa shape index (κ1) is 21.2. The van der Waals surface area contributed by atoms with Gasteiger partial charge in [-0.2, -0.15) is 0 Å². The van der Waals surface area contributed by atoms with E-state index in [4.69, 9.17) is 4.74 Å². The highest BCUT2D eigenvalue weighted by atomic mass is 32.1. The molecule has 29 heavy (non-hydrogen) atoms. The van der Waals surface area contributed by atoms with Crippen molar-refractivity contribution in [2.45, 2.75) is 31.7 Å². The molecule has 1 saturated heterocycles. The molecule has 0 radical (unpaired) electrons. The number of para-hydroxylation sites is 1. The van der Waals surface area contributed by atoms with Crippen LogP contribution in [0.3, 0.4) is 0 Å². The lowest BCUT2D eigenvalue weighted by atomic mass is 9.84. The van der Waals surface area contributed by atoms with E-state index in [0.29, 0.717) is 38.2 Å². The molecule has 0 saturated carbocycles. The number of amides is 1. The van der Waals surface area contributed by atoms with Crippen LogP contribution in [-0.2, 0) is 14.3 Å². The molecule has 0 aliphatic carbocycles. The third-order valence-corrected chi connectivity index (χ3v) is 6.32. The number of carbonyl (C=O) groups is 3. The fourth-order valence-corrected chi connectivity index (χ4v) is 4.53. The second-order valence-corrected chi connectivity index (χ2v) is 8.07. The number of methoxy groups -OCH3 is 1. The van der Waals surface area contributed by atoms with Crippen molar-refractivity contribution in [2.75, 3.05) is 31.6 Å². The summed E-state index contributed by atoms with van der Waals surface area (Å²) in [6.45, 7) is 3.17. The number of nitrogens with zero attached hydrogens (tertiary/aromatic N) is 2. The molecule has 0 bridgehead atoms. The minimum atomic E-state index is -1.06. The van der Waals surface area contributed by atoms with Gasteiger partial charge in [-0.1, -0.05) is 31.2 Å². The number of ketones is 1. The quantitative estimate of drug-likeness (QED) is 0.513. The first-order valence-electron chi connectivity index (χ1n) is 9.77. The molecule has 3 rings (SSSR count). The Kier molecular flexibility index (Phi) is 6.82. The van der Waals surface area contributed by atoms with E-state index in [1.165, 1.54) is 18.4 Å². The van der Waals surface area contributed by atoms with Gasteiger partial charge in [-0.05, 0) is 36.4 Å². The lowest BCUT2D eigenvalue weighted by Crippen LogP contribution is -2.63. The van der Waals surface area contributed by atoms with Crippen LogP contribution in [0.5, 0.6) is 0 Å². The highest BCUT2D eigenvalue weighted by Crippen LogP contribution is 2.35. The minimum absolute atomic E-state index is 0.0788. The molecule has 6 nitrogen and oxygen atoms in total. The maximum atomic E-state index is 12.9. The van der Waals surface area contributed by atoms with Gasteiger partial charge in [-0.15, -0.1) is 11.3 Å². The average Bonchev–Trinajstić information content (AvgIpc) is 3.30. The second-order valence-electron chi connectivity index (χ2n) is 7.12. The molecule has 7 heteroatoms. The van der Waals surface area contributed by atoms with Crippen LogP contribution in [-0.4, -0.2) is 54.8 Å². The average molecular weight is 415 g/mol. The number of esters is 1. The van der Waals surface area contributed by atoms with Gasteiger partial charge in [-0.25, -0.2) is 4.79 Å². The fraction of sp³-hybridized carbons (Fsp3) is 0.409. The van der Waals surface area contributed by atoms with Crippen molar-refractivity contribution in [3.63, 3.8) is 0 Å². The normalized spacial score (nSPS) is 16.2. The largest absolute Gasteiger partial charge is 0.467 e. The first-order chi connectivity index (χ1) is 14.0. The molecule has 1 aromatic heterocycles. The molecular weight excluding hydrogens is 388 g/mol. The molecule has 2 heterocycles. The van der Waals surface area contributed by atoms with Crippen molar-refractivity contribution in [3.05, 3.63) is 52.7 Å². The van der Waals surface area contributed by atoms with Crippen molar-refractivity contribution in [1.82, 2.24) is 4.90 Å². The van der Waals surface area contributed by atoms with Gasteiger partial charge in [0.05, 0.1) is 18.5 Å². The van der Waals surface area contributed by atoms with E-state index < -0.39 is 11.5 Å². The number of benzene rings is 1. The third kappa shape index (κ3) is 4.41. The van der Waals surface area contributed by atoms with Gasteiger partial charge >= 0.3 is 5.97 Å². The van der Waals surface area contributed by atoms with Crippen molar-refractivity contribution in [3.8, 4) is 0 Å². The zero-order chi connectivity index (χ0) is 20.9. The van der Waals surface area contributed by atoms with E-state index >= 15 is 0 Å². The number of carbonyl (C=O) groups excluding carboxylic acids is 3. The van der Waals surface area contributed by atoms with Crippen molar-refractivity contribution in [2.24, 2.45) is 0 Å². The standard InChI is InChI=1S/C22H26N2O4S/c1-3-20(26)24(17-8-5-4-6-9-17)22(21(27)28-2)11-13-23(14-12-22)16-18(25)19-10-7-15-29-19/h4-10,15H,3,11-14,16H2,1-2H3. The summed E-state index contributed by atoms with van der Waals surface area (Å²) in [5.74, 6) is -0.452. The summed E-state index contributed by atoms with van der Waals surface area (Å²) in [5.41, 5.74) is -0.376. The predicted octanol–water partition coefficient (Wildman–Crippen LogP) is 3.38. The van der Waals surface area contributed by atoms with Crippen molar-refractivity contribution in [1.29, 1.82) is 0 Å². The van der Waals surface area contributed by atoms with E-state index in [1.807, 2.05) is 52.7 Å². The van der Waals surface area contributed by atoms with Gasteiger partial charge in [0.15, 0.2) is 5.78 Å². The number of Topliss-reactive ketones (excluding diaryl/α,β-unsaturated/α-hetero) is 1.